The van der Waals surface area contributed by atoms with Crippen molar-refractivity contribution in [2.75, 3.05) is 11.9 Å². The lowest BCUT2D eigenvalue weighted by Crippen LogP contribution is -2.42. The molecule has 2 bridgehead atoms. The van der Waals surface area contributed by atoms with Crippen molar-refractivity contribution in [2.45, 2.75) is 43.4 Å². The number of aryl methyl sites for hydroxylation is 1. The first-order valence-corrected chi connectivity index (χ1v) is 9.60. The van der Waals surface area contributed by atoms with E-state index < -0.39 is 5.60 Å². The van der Waals surface area contributed by atoms with Gasteiger partial charge in [-0.15, -0.1) is 0 Å². The summed E-state index contributed by atoms with van der Waals surface area (Å²) in [7, 11) is 2.09. The van der Waals surface area contributed by atoms with Crippen LogP contribution >= 0.6 is 15.9 Å². The van der Waals surface area contributed by atoms with Crippen LogP contribution in [0.5, 0.6) is 0 Å². The third kappa shape index (κ3) is 1.98. The summed E-state index contributed by atoms with van der Waals surface area (Å²) in [6.07, 6.45) is 1.02. The average molecular weight is 398 g/mol. The van der Waals surface area contributed by atoms with Gasteiger partial charge in [0.25, 0.3) is 0 Å². The molecule has 2 aromatic rings. The Balaban J connectivity index is 1.74. The molecule has 4 heteroatoms. The molecule has 0 radical (unpaired) electrons. The number of rotatable bonds is 1. The van der Waals surface area contributed by atoms with E-state index >= 15 is 0 Å². The number of carbonyl (C=O) groups is 1. The number of hydrogen-bond acceptors (Lipinski definition) is 3. The van der Waals surface area contributed by atoms with Gasteiger partial charge in [-0.25, -0.2) is 0 Å². The third-order valence-corrected chi connectivity index (χ3v) is 6.74. The molecule has 0 saturated carbocycles. The molecule has 0 N–H and O–H groups in total. The van der Waals surface area contributed by atoms with E-state index in [1.807, 2.05) is 0 Å². The standard InChI is InChI=1S/C21H20BrNO2/c1-12-3-5-13(6-4-12)21-10-9-17(24)20(25-21)19-18(21)15-11-14(22)7-8-16(15)23(19)2/h3-8,11,18-20H,9-10H2,1-2H3/t18-,19+,20-,21-/m0/s1. The zero-order chi connectivity index (χ0) is 17.3. The number of benzene rings is 2. The second-order valence-electron chi connectivity index (χ2n) is 7.54. The first kappa shape index (κ1) is 15.6. The van der Waals surface area contributed by atoms with E-state index in [4.69, 9.17) is 4.74 Å². The first-order chi connectivity index (χ1) is 12.0. The Morgan fingerprint density at radius 1 is 1.20 bits per heavy atom. The topological polar surface area (TPSA) is 29.5 Å². The van der Waals surface area contributed by atoms with Gasteiger partial charge >= 0.3 is 0 Å². The van der Waals surface area contributed by atoms with Crippen LogP contribution in [-0.4, -0.2) is 25.0 Å². The highest BCUT2D eigenvalue weighted by Crippen LogP contribution is 2.61. The quantitative estimate of drug-likeness (QED) is 0.717. The maximum Gasteiger partial charge on any atom is 0.163 e. The van der Waals surface area contributed by atoms with E-state index in [0.717, 1.165) is 10.9 Å². The van der Waals surface area contributed by atoms with E-state index in [-0.39, 0.29) is 23.8 Å². The fourth-order valence-electron chi connectivity index (χ4n) is 5.09. The summed E-state index contributed by atoms with van der Waals surface area (Å²) in [5, 5.41) is 0. The SMILES string of the molecule is Cc1ccc([C@]23CCC(=O)[C@H](O2)[C@H]2[C@@H]3c3cc(Br)ccc3N2C)cc1. The Morgan fingerprint density at radius 3 is 2.72 bits per heavy atom. The van der Waals surface area contributed by atoms with Crippen LogP contribution in [0.2, 0.25) is 0 Å². The Bertz CT molecular complexity index is 878. The molecule has 0 aromatic heterocycles. The van der Waals surface area contributed by atoms with Crippen molar-refractivity contribution < 1.29 is 9.53 Å². The van der Waals surface area contributed by atoms with E-state index in [9.17, 15) is 4.79 Å². The molecule has 3 heterocycles. The van der Waals surface area contributed by atoms with Crippen molar-refractivity contribution in [1.29, 1.82) is 0 Å². The van der Waals surface area contributed by atoms with Gasteiger partial charge in [-0.1, -0.05) is 45.8 Å². The van der Waals surface area contributed by atoms with Crippen molar-refractivity contribution in [3.05, 3.63) is 63.6 Å². The van der Waals surface area contributed by atoms with Crippen LogP contribution in [0.25, 0.3) is 0 Å². The van der Waals surface area contributed by atoms with Gasteiger partial charge in [0.15, 0.2) is 5.78 Å². The smallest absolute Gasteiger partial charge is 0.163 e. The van der Waals surface area contributed by atoms with Gasteiger partial charge in [0.2, 0.25) is 0 Å². The second-order valence-corrected chi connectivity index (χ2v) is 8.46. The molecule has 0 aliphatic carbocycles. The number of likely N-dealkylation sites (N-methyl/N-ethyl adjacent to an activating group) is 1. The monoisotopic (exact) mass is 397 g/mol. The molecule has 0 amide bonds. The molecule has 0 unspecified atom stereocenters. The Labute approximate surface area is 156 Å². The Morgan fingerprint density at radius 2 is 1.96 bits per heavy atom. The first-order valence-electron chi connectivity index (χ1n) is 8.81. The summed E-state index contributed by atoms with van der Waals surface area (Å²) < 4.78 is 7.63. The second kappa shape index (κ2) is 5.18. The maximum atomic E-state index is 12.6. The van der Waals surface area contributed by atoms with Crippen LogP contribution in [0.15, 0.2) is 46.9 Å². The maximum absolute atomic E-state index is 12.6. The van der Waals surface area contributed by atoms with Crippen molar-refractivity contribution in [3.63, 3.8) is 0 Å². The highest BCUT2D eigenvalue weighted by atomic mass is 79.9. The molecular weight excluding hydrogens is 378 g/mol. The molecule has 0 spiro atoms. The summed E-state index contributed by atoms with van der Waals surface area (Å²) in [4.78, 5) is 14.9. The van der Waals surface area contributed by atoms with E-state index in [2.05, 4.69) is 77.3 Å². The summed E-state index contributed by atoms with van der Waals surface area (Å²) in [6.45, 7) is 2.10. The number of halogens is 1. The van der Waals surface area contributed by atoms with Gasteiger partial charge in [0, 0.05) is 29.5 Å². The minimum absolute atomic E-state index is 0.0839. The molecule has 25 heavy (non-hydrogen) atoms. The predicted octanol–water partition coefficient (Wildman–Crippen LogP) is 4.32. The molecule has 3 aliphatic rings. The normalized spacial score (nSPS) is 32.7. The predicted molar refractivity (Wildman–Crippen MR) is 101 cm³/mol. The van der Waals surface area contributed by atoms with Crippen LogP contribution in [0.1, 0.15) is 35.4 Å². The minimum Gasteiger partial charge on any atom is -0.368 e. The zero-order valence-corrected chi connectivity index (χ0v) is 15.9. The molecule has 4 atom stereocenters. The molecule has 128 valence electrons. The third-order valence-electron chi connectivity index (χ3n) is 6.24. The van der Waals surface area contributed by atoms with Crippen LogP contribution in [0.3, 0.4) is 0 Å². The number of Topliss-reactive ketones (excluding diaryl/α,β-unsaturated/α-hetero) is 1. The van der Waals surface area contributed by atoms with Gasteiger partial charge in [-0.3, -0.25) is 4.79 Å². The van der Waals surface area contributed by atoms with Crippen LogP contribution < -0.4 is 4.90 Å². The summed E-state index contributed by atoms with van der Waals surface area (Å²) in [5.74, 6) is 0.429. The van der Waals surface area contributed by atoms with Crippen molar-refractivity contribution in [3.8, 4) is 0 Å². The van der Waals surface area contributed by atoms with Crippen LogP contribution in [-0.2, 0) is 15.1 Å². The van der Waals surface area contributed by atoms with Gasteiger partial charge in [0.05, 0.1) is 6.04 Å². The molecule has 3 nitrogen and oxygen atoms in total. The highest BCUT2D eigenvalue weighted by Gasteiger charge is 2.64. The van der Waals surface area contributed by atoms with Gasteiger partial charge in [0.1, 0.15) is 11.7 Å². The zero-order valence-electron chi connectivity index (χ0n) is 14.3. The van der Waals surface area contributed by atoms with Crippen molar-refractivity contribution in [1.82, 2.24) is 0 Å². The average Bonchev–Trinajstić information content (AvgIpc) is 3.05. The number of carbonyl (C=O) groups excluding carboxylic acids is 1. The lowest BCUT2D eigenvalue weighted by molar-refractivity contribution is -0.148. The number of fused-ring (bicyclic) bond motifs is 7. The van der Waals surface area contributed by atoms with Crippen LogP contribution in [0, 0.1) is 6.92 Å². The van der Waals surface area contributed by atoms with E-state index in [1.54, 1.807) is 0 Å². The summed E-state index contributed by atoms with van der Waals surface area (Å²) in [6, 6.07) is 15.2. The molecule has 2 fully saturated rings. The number of nitrogens with zero attached hydrogens (tertiary/aromatic N) is 1. The van der Waals surface area contributed by atoms with Gasteiger partial charge in [-0.05, 0) is 42.7 Å². The van der Waals surface area contributed by atoms with E-state index in [0.29, 0.717) is 6.42 Å². The number of anilines is 1. The molecule has 2 saturated heterocycles. The lowest BCUT2D eigenvalue weighted by atomic mass is 9.75. The number of ketones is 1. The molecule has 3 aliphatic heterocycles. The molecule has 5 rings (SSSR count). The molecular formula is C21H20BrNO2. The minimum atomic E-state index is -0.406. The highest BCUT2D eigenvalue weighted by molar-refractivity contribution is 9.10. The number of hydrogen-bond donors (Lipinski definition) is 0. The fraction of sp³-hybridized carbons (Fsp3) is 0.381. The van der Waals surface area contributed by atoms with Gasteiger partial charge in [-0.2, -0.15) is 0 Å². The van der Waals surface area contributed by atoms with Crippen LogP contribution in [0.4, 0.5) is 5.69 Å². The van der Waals surface area contributed by atoms with Crippen molar-refractivity contribution >= 4 is 27.4 Å². The Hall–Kier alpha value is -1.65. The van der Waals surface area contributed by atoms with Crippen molar-refractivity contribution in [2.24, 2.45) is 0 Å². The Kier molecular flexibility index (Phi) is 3.23. The lowest BCUT2D eigenvalue weighted by Gasteiger charge is -2.37. The van der Waals surface area contributed by atoms with E-state index in [1.165, 1.54) is 22.4 Å². The van der Waals surface area contributed by atoms with Gasteiger partial charge < -0.3 is 9.64 Å². The molecule has 2 aromatic carbocycles. The summed E-state index contributed by atoms with van der Waals surface area (Å²) >= 11 is 3.62. The summed E-state index contributed by atoms with van der Waals surface area (Å²) in [5.41, 5.74) is 4.54. The number of ether oxygens (including phenoxy) is 1. The largest absolute Gasteiger partial charge is 0.368 e. The fourth-order valence-corrected chi connectivity index (χ4v) is 5.47.